The van der Waals surface area contributed by atoms with Gasteiger partial charge in [0.1, 0.15) is 11.9 Å². The van der Waals surface area contributed by atoms with E-state index in [0.29, 0.717) is 13.0 Å². The van der Waals surface area contributed by atoms with Crippen LogP contribution in [-0.4, -0.2) is 24.1 Å². The molecule has 0 aliphatic carbocycles. The molecule has 1 N–H and O–H groups in total. The standard InChI is InChI=1S/C13H20O3/c1-4-13(14)15-9-11(3)16-12-7-5-10(2)6-8-12/h5-8,11,13-14H,4,9H2,1-3H3. The van der Waals surface area contributed by atoms with E-state index < -0.39 is 6.29 Å². The number of benzene rings is 1. The van der Waals surface area contributed by atoms with E-state index in [9.17, 15) is 5.11 Å². The fourth-order valence-electron chi connectivity index (χ4n) is 1.25. The number of aliphatic hydroxyl groups excluding tert-OH is 1. The molecule has 0 fully saturated rings. The van der Waals surface area contributed by atoms with Crippen molar-refractivity contribution in [3.05, 3.63) is 29.8 Å². The average molecular weight is 224 g/mol. The second-order valence-electron chi connectivity index (χ2n) is 3.94. The molecule has 0 saturated heterocycles. The van der Waals surface area contributed by atoms with E-state index in [0.717, 1.165) is 5.75 Å². The van der Waals surface area contributed by atoms with Gasteiger partial charge >= 0.3 is 0 Å². The topological polar surface area (TPSA) is 38.7 Å². The summed E-state index contributed by atoms with van der Waals surface area (Å²) in [6.45, 7) is 6.22. The van der Waals surface area contributed by atoms with Gasteiger partial charge in [-0.15, -0.1) is 0 Å². The molecule has 2 atom stereocenters. The van der Waals surface area contributed by atoms with Crippen molar-refractivity contribution in [2.75, 3.05) is 6.61 Å². The second-order valence-corrected chi connectivity index (χ2v) is 3.94. The molecule has 1 rings (SSSR count). The molecule has 0 aliphatic rings. The molecule has 0 heterocycles. The first-order valence-corrected chi connectivity index (χ1v) is 5.64. The maximum atomic E-state index is 9.23. The van der Waals surface area contributed by atoms with Gasteiger partial charge in [0.25, 0.3) is 0 Å². The predicted molar refractivity (Wildman–Crippen MR) is 63.5 cm³/mol. The Morgan fingerprint density at radius 1 is 1.25 bits per heavy atom. The quantitative estimate of drug-likeness (QED) is 0.754. The zero-order valence-corrected chi connectivity index (χ0v) is 10.1. The Labute approximate surface area is 97.0 Å². The maximum absolute atomic E-state index is 9.23. The first-order chi connectivity index (χ1) is 7.61. The largest absolute Gasteiger partial charge is 0.488 e. The summed E-state index contributed by atoms with van der Waals surface area (Å²) in [5.41, 5.74) is 1.21. The number of aliphatic hydroxyl groups is 1. The summed E-state index contributed by atoms with van der Waals surface area (Å²) in [7, 11) is 0. The molecule has 0 bridgehead atoms. The van der Waals surface area contributed by atoms with Crippen LogP contribution in [0.2, 0.25) is 0 Å². The lowest BCUT2D eigenvalue weighted by Crippen LogP contribution is -2.23. The van der Waals surface area contributed by atoms with Crippen LogP contribution in [0.15, 0.2) is 24.3 Å². The lowest BCUT2D eigenvalue weighted by atomic mass is 10.2. The van der Waals surface area contributed by atoms with Gasteiger partial charge in [0.2, 0.25) is 0 Å². The number of hydrogen-bond donors (Lipinski definition) is 1. The Hall–Kier alpha value is -1.06. The summed E-state index contributed by atoms with van der Waals surface area (Å²) in [5.74, 6) is 0.827. The number of aryl methyl sites for hydroxylation is 1. The van der Waals surface area contributed by atoms with Crippen molar-refractivity contribution < 1.29 is 14.6 Å². The van der Waals surface area contributed by atoms with Crippen LogP contribution in [0.1, 0.15) is 25.8 Å². The first-order valence-electron chi connectivity index (χ1n) is 5.64. The number of hydrogen-bond acceptors (Lipinski definition) is 3. The molecule has 0 amide bonds. The van der Waals surface area contributed by atoms with E-state index in [1.54, 1.807) is 0 Å². The van der Waals surface area contributed by atoms with Gasteiger partial charge in [-0.25, -0.2) is 0 Å². The van der Waals surface area contributed by atoms with Gasteiger partial charge < -0.3 is 14.6 Å². The van der Waals surface area contributed by atoms with Crippen molar-refractivity contribution in [3.63, 3.8) is 0 Å². The van der Waals surface area contributed by atoms with Crippen molar-refractivity contribution in [2.45, 2.75) is 39.6 Å². The van der Waals surface area contributed by atoms with Crippen molar-refractivity contribution in [1.82, 2.24) is 0 Å². The van der Waals surface area contributed by atoms with Crippen molar-refractivity contribution in [1.29, 1.82) is 0 Å². The van der Waals surface area contributed by atoms with Crippen molar-refractivity contribution in [2.24, 2.45) is 0 Å². The molecule has 16 heavy (non-hydrogen) atoms. The lowest BCUT2D eigenvalue weighted by molar-refractivity contribution is -0.116. The van der Waals surface area contributed by atoms with E-state index in [-0.39, 0.29) is 6.10 Å². The SMILES string of the molecule is CCC(O)OCC(C)Oc1ccc(C)cc1. The third-order valence-electron chi connectivity index (χ3n) is 2.23. The van der Waals surface area contributed by atoms with Gasteiger partial charge in [0.15, 0.2) is 6.29 Å². The molecule has 3 heteroatoms. The Morgan fingerprint density at radius 2 is 1.88 bits per heavy atom. The molecule has 0 spiro atoms. The maximum Gasteiger partial charge on any atom is 0.154 e. The van der Waals surface area contributed by atoms with Crippen LogP contribution in [0.4, 0.5) is 0 Å². The van der Waals surface area contributed by atoms with Crippen molar-refractivity contribution >= 4 is 0 Å². The summed E-state index contributed by atoms with van der Waals surface area (Å²) in [6, 6.07) is 7.87. The molecule has 0 aliphatic heterocycles. The fourth-order valence-corrected chi connectivity index (χ4v) is 1.25. The highest BCUT2D eigenvalue weighted by Crippen LogP contribution is 2.13. The van der Waals surface area contributed by atoms with Crippen LogP contribution < -0.4 is 4.74 Å². The molecule has 0 radical (unpaired) electrons. The molecule has 1 aromatic carbocycles. The van der Waals surface area contributed by atoms with E-state index >= 15 is 0 Å². The van der Waals surface area contributed by atoms with Crippen LogP contribution in [0.3, 0.4) is 0 Å². The smallest absolute Gasteiger partial charge is 0.154 e. The lowest BCUT2D eigenvalue weighted by Gasteiger charge is -2.17. The monoisotopic (exact) mass is 224 g/mol. The first kappa shape index (κ1) is 13.0. The molecular formula is C13H20O3. The minimum Gasteiger partial charge on any atom is -0.488 e. The van der Waals surface area contributed by atoms with Gasteiger partial charge in [-0.05, 0) is 32.4 Å². The number of ether oxygens (including phenoxy) is 2. The summed E-state index contributed by atoms with van der Waals surface area (Å²) in [4.78, 5) is 0. The third kappa shape index (κ3) is 4.64. The summed E-state index contributed by atoms with van der Waals surface area (Å²) >= 11 is 0. The van der Waals surface area contributed by atoms with Gasteiger partial charge in [0.05, 0.1) is 6.61 Å². The third-order valence-corrected chi connectivity index (χ3v) is 2.23. The van der Waals surface area contributed by atoms with Crippen molar-refractivity contribution in [3.8, 4) is 5.75 Å². The van der Waals surface area contributed by atoms with Crippen LogP contribution in [0.5, 0.6) is 5.75 Å². The van der Waals surface area contributed by atoms with Gasteiger partial charge in [0, 0.05) is 0 Å². The van der Waals surface area contributed by atoms with E-state index in [1.807, 2.05) is 45.0 Å². The van der Waals surface area contributed by atoms with Crippen LogP contribution in [-0.2, 0) is 4.74 Å². The van der Waals surface area contributed by atoms with E-state index in [2.05, 4.69) is 0 Å². The van der Waals surface area contributed by atoms with Crippen LogP contribution in [0, 0.1) is 6.92 Å². The molecule has 90 valence electrons. The number of rotatable bonds is 6. The van der Waals surface area contributed by atoms with Crippen LogP contribution >= 0.6 is 0 Å². The Kier molecular flexibility index (Phi) is 5.29. The van der Waals surface area contributed by atoms with E-state index in [1.165, 1.54) is 5.56 Å². The summed E-state index contributed by atoms with van der Waals surface area (Å²) in [6.07, 6.45) is -0.162. The minimum atomic E-state index is -0.691. The minimum absolute atomic E-state index is 0.0658. The predicted octanol–water partition coefficient (Wildman–Crippen LogP) is 2.51. The highest BCUT2D eigenvalue weighted by molar-refractivity contribution is 5.26. The Bertz CT molecular complexity index is 295. The summed E-state index contributed by atoms with van der Waals surface area (Å²) < 4.78 is 10.8. The molecule has 3 nitrogen and oxygen atoms in total. The fraction of sp³-hybridized carbons (Fsp3) is 0.538. The normalized spacial score (nSPS) is 14.5. The highest BCUT2D eigenvalue weighted by Gasteiger charge is 2.07. The molecule has 1 aromatic rings. The second kappa shape index (κ2) is 6.51. The van der Waals surface area contributed by atoms with Gasteiger partial charge in [-0.1, -0.05) is 24.6 Å². The van der Waals surface area contributed by atoms with Crippen LogP contribution in [0.25, 0.3) is 0 Å². The van der Waals surface area contributed by atoms with Gasteiger partial charge in [-0.3, -0.25) is 0 Å². The Morgan fingerprint density at radius 3 is 2.44 bits per heavy atom. The molecule has 2 unspecified atom stereocenters. The Balaban J connectivity index is 2.33. The average Bonchev–Trinajstić information content (AvgIpc) is 2.29. The summed E-state index contributed by atoms with van der Waals surface area (Å²) in [5, 5.41) is 9.23. The molecule has 0 saturated carbocycles. The zero-order chi connectivity index (χ0) is 12.0. The highest BCUT2D eigenvalue weighted by atomic mass is 16.6. The van der Waals surface area contributed by atoms with E-state index in [4.69, 9.17) is 9.47 Å². The zero-order valence-electron chi connectivity index (χ0n) is 10.1. The molecular weight excluding hydrogens is 204 g/mol. The molecule has 0 aromatic heterocycles. The van der Waals surface area contributed by atoms with Gasteiger partial charge in [-0.2, -0.15) is 0 Å².